The largest absolute Gasteiger partial charge is 0.371 e. The van der Waals surface area contributed by atoms with Crippen molar-refractivity contribution in [2.24, 2.45) is 0 Å². The van der Waals surface area contributed by atoms with Crippen molar-refractivity contribution < 1.29 is 4.79 Å². The first-order valence-corrected chi connectivity index (χ1v) is 5.88. The van der Waals surface area contributed by atoms with Crippen LogP contribution in [0, 0.1) is 3.57 Å². The second-order valence-corrected chi connectivity index (χ2v) is 4.66. The Bertz CT molecular complexity index is 376. The average Bonchev–Trinajstić information content (AvgIpc) is 2.19. The Morgan fingerprint density at radius 1 is 1.50 bits per heavy atom. The van der Waals surface area contributed by atoms with Crippen molar-refractivity contribution in [3.05, 3.63) is 27.3 Å². The highest BCUT2D eigenvalue weighted by Gasteiger charge is 2.21. The van der Waals surface area contributed by atoms with Crippen LogP contribution in [0.1, 0.15) is 23.7 Å². The molecule has 2 nitrogen and oxygen atoms in total. The van der Waals surface area contributed by atoms with Gasteiger partial charge in [0.15, 0.2) is 5.78 Å². The van der Waals surface area contributed by atoms with Gasteiger partial charge in [0.1, 0.15) is 0 Å². The number of rotatable bonds is 1. The van der Waals surface area contributed by atoms with Gasteiger partial charge in [-0.2, -0.15) is 0 Å². The van der Waals surface area contributed by atoms with E-state index < -0.39 is 0 Å². The third-order valence-corrected chi connectivity index (χ3v) is 3.26. The van der Waals surface area contributed by atoms with Crippen molar-refractivity contribution in [2.45, 2.75) is 13.3 Å². The molecule has 0 atom stereocenters. The van der Waals surface area contributed by atoms with E-state index in [9.17, 15) is 4.79 Å². The van der Waals surface area contributed by atoms with Crippen molar-refractivity contribution in [3.8, 4) is 0 Å². The molecule has 1 aromatic carbocycles. The number of Topliss-reactive ketones (excluding diaryl/α,β-unsaturated/α-hetero) is 1. The number of fused-ring (bicyclic) bond motifs is 1. The van der Waals surface area contributed by atoms with E-state index in [4.69, 9.17) is 0 Å². The Labute approximate surface area is 97.4 Å². The third-order valence-electron chi connectivity index (χ3n) is 2.59. The number of carbonyl (C=O) groups is 1. The lowest BCUT2D eigenvalue weighted by Crippen LogP contribution is -2.31. The van der Waals surface area contributed by atoms with E-state index in [2.05, 4.69) is 46.5 Å². The Balaban J connectivity index is 2.51. The summed E-state index contributed by atoms with van der Waals surface area (Å²) in [7, 11) is 0. The smallest absolute Gasteiger partial charge is 0.166 e. The number of anilines is 1. The van der Waals surface area contributed by atoms with Crippen molar-refractivity contribution in [1.29, 1.82) is 0 Å². The number of hydrogen-bond donors (Lipinski definition) is 0. The van der Waals surface area contributed by atoms with Crippen molar-refractivity contribution in [3.63, 3.8) is 0 Å². The Hall–Kier alpha value is -0.580. The van der Waals surface area contributed by atoms with E-state index in [0.29, 0.717) is 6.42 Å². The summed E-state index contributed by atoms with van der Waals surface area (Å²) in [5.41, 5.74) is 1.99. The van der Waals surface area contributed by atoms with E-state index >= 15 is 0 Å². The molecule has 2 rings (SSSR count). The molecule has 1 aromatic rings. The lowest BCUT2D eigenvalue weighted by Gasteiger charge is -2.29. The number of hydrogen-bond acceptors (Lipinski definition) is 2. The summed E-state index contributed by atoms with van der Waals surface area (Å²) in [6, 6.07) is 6.10. The van der Waals surface area contributed by atoms with Crippen LogP contribution in [-0.4, -0.2) is 18.9 Å². The standard InChI is InChI=1S/C11H12INO/c1-2-13-6-5-11(14)9-7-8(12)3-4-10(9)13/h3-4,7H,2,5-6H2,1H3. The van der Waals surface area contributed by atoms with Crippen LogP contribution in [0.25, 0.3) is 0 Å². The minimum absolute atomic E-state index is 0.281. The predicted octanol–water partition coefficient (Wildman–Crippen LogP) is 2.70. The Morgan fingerprint density at radius 3 is 3.00 bits per heavy atom. The molecule has 1 aliphatic heterocycles. The number of halogens is 1. The molecule has 0 radical (unpaired) electrons. The summed E-state index contributed by atoms with van der Waals surface area (Å²) in [4.78, 5) is 13.9. The van der Waals surface area contributed by atoms with Crippen LogP contribution >= 0.6 is 22.6 Å². The van der Waals surface area contributed by atoms with Crippen molar-refractivity contribution in [2.75, 3.05) is 18.0 Å². The van der Waals surface area contributed by atoms with Gasteiger partial charge in [-0.15, -0.1) is 0 Å². The molecular weight excluding hydrogens is 289 g/mol. The summed E-state index contributed by atoms with van der Waals surface area (Å²) >= 11 is 2.24. The molecular formula is C11H12INO. The first-order chi connectivity index (χ1) is 6.72. The second-order valence-electron chi connectivity index (χ2n) is 3.41. The van der Waals surface area contributed by atoms with E-state index in [-0.39, 0.29) is 5.78 Å². The molecule has 3 heteroatoms. The van der Waals surface area contributed by atoms with E-state index in [1.165, 1.54) is 0 Å². The van der Waals surface area contributed by atoms with Gasteiger partial charge in [0.05, 0.1) is 0 Å². The molecule has 0 fully saturated rings. The summed E-state index contributed by atoms with van der Waals surface area (Å²) in [6.07, 6.45) is 0.654. The first kappa shape index (κ1) is 9.96. The van der Waals surface area contributed by atoms with Crippen LogP contribution in [0.5, 0.6) is 0 Å². The maximum Gasteiger partial charge on any atom is 0.166 e. The van der Waals surface area contributed by atoms with Gasteiger partial charge >= 0.3 is 0 Å². The highest BCUT2D eigenvalue weighted by atomic mass is 127. The first-order valence-electron chi connectivity index (χ1n) is 4.80. The zero-order valence-corrected chi connectivity index (χ0v) is 10.2. The van der Waals surface area contributed by atoms with E-state index in [1.807, 2.05) is 6.07 Å². The van der Waals surface area contributed by atoms with Gasteiger partial charge in [0.25, 0.3) is 0 Å². The fourth-order valence-electron chi connectivity index (χ4n) is 1.83. The zero-order valence-electron chi connectivity index (χ0n) is 8.09. The molecule has 0 aliphatic carbocycles. The second kappa shape index (κ2) is 3.88. The number of carbonyl (C=O) groups excluding carboxylic acids is 1. The molecule has 0 spiro atoms. The molecule has 0 amide bonds. The molecule has 0 saturated heterocycles. The zero-order chi connectivity index (χ0) is 10.1. The van der Waals surface area contributed by atoms with Crippen LogP contribution in [0.4, 0.5) is 5.69 Å². The monoisotopic (exact) mass is 301 g/mol. The molecule has 1 aliphatic rings. The maximum absolute atomic E-state index is 11.7. The van der Waals surface area contributed by atoms with Gasteiger partial charge in [0, 0.05) is 34.3 Å². The molecule has 0 N–H and O–H groups in total. The topological polar surface area (TPSA) is 20.3 Å². The molecule has 14 heavy (non-hydrogen) atoms. The van der Waals surface area contributed by atoms with Crippen LogP contribution in [-0.2, 0) is 0 Å². The van der Waals surface area contributed by atoms with Crippen LogP contribution in [0.2, 0.25) is 0 Å². The SMILES string of the molecule is CCN1CCC(=O)c2cc(I)ccc21. The number of benzene rings is 1. The van der Waals surface area contributed by atoms with Crippen LogP contribution in [0.3, 0.4) is 0 Å². The summed E-state index contributed by atoms with van der Waals surface area (Å²) in [5.74, 6) is 0.281. The van der Waals surface area contributed by atoms with Gasteiger partial charge in [0.2, 0.25) is 0 Å². The van der Waals surface area contributed by atoms with Gasteiger partial charge < -0.3 is 4.90 Å². The highest BCUT2D eigenvalue weighted by molar-refractivity contribution is 14.1. The fourth-order valence-corrected chi connectivity index (χ4v) is 2.32. The summed E-state index contributed by atoms with van der Waals surface area (Å²) in [5, 5.41) is 0. The van der Waals surface area contributed by atoms with Crippen LogP contribution < -0.4 is 4.90 Å². The Kier molecular flexibility index (Phi) is 2.76. The molecule has 0 aromatic heterocycles. The van der Waals surface area contributed by atoms with Gasteiger partial charge in [-0.3, -0.25) is 4.79 Å². The normalized spacial score (nSPS) is 15.6. The molecule has 74 valence electrons. The quantitative estimate of drug-likeness (QED) is 0.743. The molecule has 1 heterocycles. The van der Waals surface area contributed by atoms with Gasteiger partial charge in [-0.25, -0.2) is 0 Å². The average molecular weight is 301 g/mol. The van der Waals surface area contributed by atoms with Gasteiger partial charge in [-0.05, 0) is 47.7 Å². The summed E-state index contributed by atoms with van der Waals surface area (Å²) in [6.45, 7) is 3.96. The van der Waals surface area contributed by atoms with Crippen LogP contribution in [0.15, 0.2) is 18.2 Å². The van der Waals surface area contributed by atoms with Gasteiger partial charge in [-0.1, -0.05) is 0 Å². The predicted molar refractivity (Wildman–Crippen MR) is 66.0 cm³/mol. The highest BCUT2D eigenvalue weighted by Crippen LogP contribution is 2.28. The van der Waals surface area contributed by atoms with E-state index in [0.717, 1.165) is 27.9 Å². The lowest BCUT2D eigenvalue weighted by molar-refractivity contribution is 0.0980. The third kappa shape index (κ3) is 1.65. The maximum atomic E-state index is 11.7. The number of nitrogens with zero attached hydrogens (tertiary/aromatic N) is 1. The lowest BCUT2D eigenvalue weighted by atomic mass is 10.0. The molecule has 0 unspecified atom stereocenters. The number of ketones is 1. The van der Waals surface area contributed by atoms with E-state index in [1.54, 1.807) is 0 Å². The Morgan fingerprint density at radius 2 is 2.29 bits per heavy atom. The minimum atomic E-state index is 0.281. The molecule has 0 saturated carbocycles. The fraction of sp³-hybridized carbons (Fsp3) is 0.364. The minimum Gasteiger partial charge on any atom is -0.371 e. The van der Waals surface area contributed by atoms with Crippen molar-refractivity contribution >= 4 is 34.1 Å². The molecule has 0 bridgehead atoms. The summed E-state index contributed by atoms with van der Waals surface area (Å²) < 4.78 is 1.13. The van der Waals surface area contributed by atoms with Crippen molar-refractivity contribution in [1.82, 2.24) is 0 Å².